The number of rotatable bonds is 9. The molecule has 0 radical (unpaired) electrons. The third-order valence-corrected chi connectivity index (χ3v) is 9.12. The summed E-state index contributed by atoms with van der Waals surface area (Å²) in [5.41, 5.74) is 5.13. The molecule has 228 valence electrons. The minimum absolute atomic E-state index is 0.0526. The summed E-state index contributed by atoms with van der Waals surface area (Å²) in [7, 11) is -3.80. The van der Waals surface area contributed by atoms with Gasteiger partial charge in [-0.2, -0.15) is 22.6 Å². The number of halogens is 6. The molecule has 0 amide bonds. The number of benzene rings is 1. The number of alkyl halides is 5. The fourth-order valence-corrected chi connectivity index (χ4v) is 6.56. The number of carboxylic acids is 1. The van der Waals surface area contributed by atoms with E-state index < -0.39 is 45.4 Å². The molecule has 3 heterocycles. The molecule has 0 bridgehead atoms. The Labute approximate surface area is 243 Å². The predicted molar refractivity (Wildman–Crippen MR) is 142 cm³/mol. The van der Waals surface area contributed by atoms with Gasteiger partial charge >= 0.3 is 12.1 Å². The topological polar surface area (TPSA) is 169 Å². The standard InChI is InChI=1S/C15H8F5N3O2.C8H12ClN2O4S2/c16-12(17)11-5-10(7-1-3-8(4-2-7)15(18,19)20)22-13-9(14(24)25)6-21-23(11)13;9-8-6(10)5-7(16-8)17(14,15)11(1-3-12)2-4-13/h1-6,12H,(H,24,25);5,10,12-13H,1-4H2/q;-1. The van der Waals surface area contributed by atoms with Crippen molar-refractivity contribution in [3.63, 3.8) is 0 Å². The largest absolute Gasteiger partial charge is 0.697 e. The lowest BCUT2D eigenvalue weighted by Gasteiger charge is -2.18. The second-order valence-electron chi connectivity index (χ2n) is 8.14. The summed E-state index contributed by atoms with van der Waals surface area (Å²) in [5.74, 6) is -1.41. The Morgan fingerprint density at radius 2 is 1.71 bits per heavy atom. The first-order valence-corrected chi connectivity index (χ1v) is 14.1. The minimum atomic E-state index is -4.54. The maximum Gasteiger partial charge on any atom is 0.416 e. The van der Waals surface area contributed by atoms with Gasteiger partial charge in [0.25, 0.3) is 16.4 Å². The van der Waals surface area contributed by atoms with E-state index in [9.17, 15) is 35.2 Å². The van der Waals surface area contributed by atoms with Crippen molar-refractivity contribution in [3.8, 4) is 11.3 Å². The highest BCUT2D eigenvalue weighted by Crippen LogP contribution is 2.37. The Kier molecular flexibility index (Phi) is 10.4. The maximum atomic E-state index is 13.2. The van der Waals surface area contributed by atoms with Gasteiger partial charge in [0.15, 0.2) is 5.65 Å². The summed E-state index contributed by atoms with van der Waals surface area (Å²) in [6.07, 6.45) is -6.64. The summed E-state index contributed by atoms with van der Waals surface area (Å²) in [5, 5.41) is 30.2. The van der Waals surface area contributed by atoms with Crippen LogP contribution in [0, 0.1) is 0 Å². The van der Waals surface area contributed by atoms with Gasteiger partial charge in [-0.1, -0.05) is 23.7 Å². The number of thiophene rings is 1. The van der Waals surface area contributed by atoms with E-state index in [0.717, 1.165) is 58.2 Å². The van der Waals surface area contributed by atoms with E-state index in [-0.39, 0.29) is 57.4 Å². The fraction of sp³-hybridized carbons (Fsp3) is 0.261. The number of aromatic nitrogens is 3. The summed E-state index contributed by atoms with van der Waals surface area (Å²) < 4.78 is 90.1. The Bertz CT molecular complexity index is 1640. The van der Waals surface area contributed by atoms with Crippen LogP contribution >= 0.6 is 22.9 Å². The van der Waals surface area contributed by atoms with Gasteiger partial charge < -0.3 is 21.1 Å². The molecule has 4 N–H and O–H groups in total. The van der Waals surface area contributed by atoms with Crippen LogP contribution in [0.2, 0.25) is 4.34 Å². The van der Waals surface area contributed by atoms with Crippen molar-refractivity contribution >= 4 is 50.3 Å². The smallest absolute Gasteiger partial charge is 0.416 e. The highest BCUT2D eigenvalue weighted by Gasteiger charge is 2.30. The summed E-state index contributed by atoms with van der Waals surface area (Å²) in [6, 6.07) is 5.85. The van der Waals surface area contributed by atoms with E-state index in [1.54, 1.807) is 0 Å². The SMILES string of the molecule is O=C(O)c1cnn2c(C(F)F)cc(-c3ccc(C(F)(F)F)cc3)nc12.[NH-]c1cc(S(=O)(=O)N(CCO)CCO)sc1Cl. The van der Waals surface area contributed by atoms with Gasteiger partial charge in [-0.15, -0.1) is 17.0 Å². The first-order valence-electron chi connectivity index (χ1n) is 11.4. The second-order valence-corrected chi connectivity index (χ2v) is 12.0. The van der Waals surface area contributed by atoms with Crippen molar-refractivity contribution in [2.75, 3.05) is 26.3 Å². The van der Waals surface area contributed by atoms with Crippen molar-refractivity contribution in [2.45, 2.75) is 16.8 Å². The van der Waals surface area contributed by atoms with Crippen LogP contribution in [0.5, 0.6) is 0 Å². The molecule has 0 atom stereocenters. The Balaban J connectivity index is 0.000000250. The number of aliphatic hydroxyl groups is 2. The number of fused-ring (bicyclic) bond motifs is 1. The number of nitrogens with one attached hydrogen (secondary N) is 1. The van der Waals surface area contributed by atoms with E-state index >= 15 is 0 Å². The first kappa shape index (κ1) is 33.1. The van der Waals surface area contributed by atoms with Crippen LogP contribution < -0.4 is 0 Å². The first-order chi connectivity index (χ1) is 19.6. The number of hydrogen-bond acceptors (Lipinski definition) is 8. The van der Waals surface area contributed by atoms with E-state index in [2.05, 4.69) is 10.1 Å². The molecule has 0 aliphatic heterocycles. The van der Waals surface area contributed by atoms with Gasteiger partial charge in [0, 0.05) is 18.7 Å². The number of carbonyl (C=O) groups is 1. The molecule has 0 fully saturated rings. The van der Waals surface area contributed by atoms with Crippen LogP contribution in [0.25, 0.3) is 22.6 Å². The van der Waals surface area contributed by atoms with E-state index in [0.29, 0.717) is 4.52 Å². The summed E-state index contributed by atoms with van der Waals surface area (Å²) in [6.45, 7) is -0.893. The number of nitrogens with zero attached hydrogens (tertiary/aromatic N) is 4. The Morgan fingerprint density at radius 1 is 1.12 bits per heavy atom. The van der Waals surface area contributed by atoms with Crippen LogP contribution in [-0.2, 0) is 16.2 Å². The lowest BCUT2D eigenvalue weighted by atomic mass is 10.1. The fourth-order valence-electron chi connectivity index (χ4n) is 3.45. The van der Waals surface area contributed by atoms with Crippen LogP contribution in [0.4, 0.5) is 27.6 Å². The van der Waals surface area contributed by atoms with E-state index in [1.807, 2.05) is 0 Å². The Morgan fingerprint density at radius 3 is 2.17 bits per heavy atom. The molecular formula is C23H20ClF5N5O6S2-. The van der Waals surface area contributed by atoms with Crippen LogP contribution in [-0.4, -0.2) is 74.9 Å². The molecule has 0 spiro atoms. The zero-order valence-electron chi connectivity index (χ0n) is 20.9. The molecule has 0 unspecified atom stereocenters. The number of sulfonamides is 1. The van der Waals surface area contributed by atoms with Crippen LogP contribution in [0.1, 0.15) is 28.0 Å². The molecule has 11 nitrogen and oxygen atoms in total. The van der Waals surface area contributed by atoms with Gasteiger partial charge in [0.05, 0.1) is 35.0 Å². The highest BCUT2D eigenvalue weighted by molar-refractivity contribution is 7.91. The number of aromatic carboxylic acids is 1. The zero-order chi connectivity index (χ0) is 31.4. The lowest BCUT2D eigenvalue weighted by molar-refractivity contribution is -0.137. The molecule has 0 saturated heterocycles. The molecule has 0 aliphatic rings. The molecule has 1 aromatic carbocycles. The van der Waals surface area contributed by atoms with E-state index in [1.165, 1.54) is 0 Å². The van der Waals surface area contributed by atoms with Gasteiger partial charge in [0.2, 0.25) is 0 Å². The number of carboxylic acid groups (broad SMARTS) is 1. The van der Waals surface area contributed by atoms with Crippen molar-refractivity contribution in [1.29, 1.82) is 0 Å². The molecule has 0 saturated carbocycles. The molecule has 19 heteroatoms. The van der Waals surface area contributed by atoms with Gasteiger partial charge in [0.1, 0.15) is 15.5 Å². The summed E-state index contributed by atoms with van der Waals surface area (Å²) in [4.78, 5) is 15.1. The molecule has 4 rings (SSSR count). The molecular weight excluding hydrogens is 637 g/mol. The van der Waals surface area contributed by atoms with Gasteiger partial charge in [-0.25, -0.2) is 31.5 Å². The van der Waals surface area contributed by atoms with E-state index in [4.69, 9.17) is 32.7 Å². The monoisotopic (exact) mass is 656 g/mol. The third-order valence-electron chi connectivity index (χ3n) is 5.42. The lowest BCUT2D eigenvalue weighted by Crippen LogP contribution is -2.35. The quantitative estimate of drug-likeness (QED) is 0.209. The predicted octanol–water partition coefficient (Wildman–Crippen LogP) is 5.11. The molecule has 4 aromatic rings. The number of hydrogen-bond donors (Lipinski definition) is 3. The molecule has 3 aromatic heterocycles. The van der Waals surface area contributed by atoms with Gasteiger partial charge in [-0.05, 0) is 24.3 Å². The van der Waals surface area contributed by atoms with Crippen molar-refractivity contribution in [2.24, 2.45) is 0 Å². The second kappa shape index (κ2) is 13.3. The average Bonchev–Trinajstić information content (AvgIpc) is 3.51. The average molecular weight is 657 g/mol. The van der Waals surface area contributed by atoms with Crippen molar-refractivity contribution in [3.05, 3.63) is 69.5 Å². The zero-order valence-corrected chi connectivity index (χ0v) is 23.3. The van der Waals surface area contributed by atoms with Crippen molar-refractivity contribution in [1.82, 2.24) is 18.9 Å². The normalized spacial score (nSPS) is 12.1. The third kappa shape index (κ3) is 7.31. The van der Waals surface area contributed by atoms with Crippen LogP contribution in [0.3, 0.4) is 0 Å². The summed E-state index contributed by atoms with van der Waals surface area (Å²) >= 11 is 6.43. The van der Waals surface area contributed by atoms with Crippen molar-refractivity contribution < 1.29 is 50.5 Å². The number of aliphatic hydroxyl groups excluding tert-OH is 2. The molecule has 0 aliphatic carbocycles. The Hall–Kier alpha value is -3.42. The molecule has 42 heavy (non-hydrogen) atoms. The maximum absolute atomic E-state index is 13.2. The highest BCUT2D eigenvalue weighted by atomic mass is 35.5. The van der Waals surface area contributed by atoms with Crippen LogP contribution in [0.15, 0.2) is 46.8 Å². The minimum Gasteiger partial charge on any atom is -0.697 e. The van der Waals surface area contributed by atoms with Gasteiger partial charge in [-0.3, -0.25) is 0 Å².